The fourth-order valence-electron chi connectivity index (χ4n) is 3.84. The van der Waals surface area contributed by atoms with Crippen molar-refractivity contribution in [3.8, 4) is 0 Å². The van der Waals surface area contributed by atoms with Crippen molar-refractivity contribution >= 4 is 35.2 Å². The lowest BCUT2D eigenvalue weighted by atomic mass is 10.1. The van der Waals surface area contributed by atoms with Gasteiger partial charge in [-0.2, -0.15) is 0 Å². The van der Waals surface area contributed by atoms with Crippen molar-refractivity contribution in [2.75, 3.05) is 6.54 Å². The molecular weight excluding hydrogens is 454 g/mol. The molecule has 1 atom stereocenters. The van der Waals surface area contributed by atoms with E-state index in [-0.39, 0.29) is 49.6 Å². The molecule has 2 aromatic carbocycles. The molecule has 0 bridgehead atoms. The standard InChI is InChI=1S/C26H30ClN3O4/c1-17(23(32)28-26(2,3)4)30(16-18-10-5-8-13-21(18)27)22(31)14-9-15-29-24(33)19-11-6-7-12-20(19)25(29)34/h5-8,10-13,17H,9,14-16H2,1-4H3,(H,28,32)/t17-/m1/s1. The van der Waals surface area contributed by atoms with Gasteiger partial charge in [0.1, 0.15) is 6.04 Å². The molecule has 0 saturated carbocycles. The summed E-state index contributed by atoms with van der Waals surface area (Å²) in [5.41, 5.74) is 1.04. The molecule has 0 spiro atoms. The molecular formula is C26H30ClN3O4. The molecule has 1 aliphatic heterocycles. The summed E-state index contributed by atoms with van der Waals surface area (Å²) in [7, 11) is 0. The molecule has 2 aromatic rings. The molecule has 7 nitrogen and oxygen atoms in total. The fraction of sp³-hybridized carbons (Fsp3) is 0.385. The second-order valence-corrected chi connectivity index (χ2v) is 9.85. The van der Waals surface area contributed by atoms with Crippen LogP contribution in [0.2, 0.25) is 5.02 Å². The predicted molar refractivity (Wildman–Crippen MR) is 130 cm³/mol. The van der Waals surface area contributed by atoms with Gasteiger partial charge in [-0.3, -0.25) is 24.1 Å². The van der Waals surface area contributed by atoms with E-state index in [0.717, 1.165) is 5.56 Å². The van der Waals surface area contributed by atoms with E-state index in [9.17, 15) is 19.2 Å². The van der Waals surface area contributed by atoms with Crippen molar-refractivity contribution in [2.45, 2.75) is 58.7 Å². The molecule has 180 valence electrons. The van der Waals surface area contributed by atoms with E-state index < -0.39 is 11.6 Å². The lowest BCUT2D eigenvalue weighted by Crippen LogP contribution is -2.52. The van der Waals surface area contributed by atoms with Gasteiger partial charge >= 0.3 is 0 Å². The number of hydrogen-bond acceptors (Lipinski definition) is 4. The summed E-state index contributed by atoms with van der Waals surface area (Å²) in [6.07, 6.45) is 0.363. The van der Waals surface area contributed by atoms with Gasteiger partial charge < -0.3 is 10.2 Å². The Kier molecular flexibility index (Phi) is 7.77. The summed E-state index contributed by atoms with van der Waals surface area (Å²) in [5.74, 6) is -1.22. The summed E-state index contributed by atoms with van der Waals surface area (Å²) in [6.45, 7) is 7.60. The topological polar surface area (TPSA) is 86.8 Å². The zero-order valence-corrected chi connectivity index (χ0v) is 20.7. The molecule has 0 aromatic heterocycles. The second kappa shape index (κ2) is 10.4. The van der Waals surface area contributed by atoms with Crippen LogP contribution in [0.25, 0.3) is 0 Å². The van der Waals surface area contributed by atoms with Crippen LogP contribution in [0.15, 0.2) is 48.5 Å². The third-order valence-electron chi connectivity index (χ3n) is 5.61. The maximum atomic E-state index is 13.2. The Hall–Kier alpha value is -3.19. The summed E-state index contributed by atoms with van der Waals surface area (Å²) < 4.78 is 0. The third-order valence-corrected chi connectivity index (χ3v) is 5.98. The molecule has 1 N–H and O–H groups in total. The Morgan fingerprint density at radius 3 is 2.12 bits per heavy atom. The number of carbonyl (C=O) groups excluding carboxylic acids is 4. The molecule has 8 heteroatoms. The van der Waals surface area contributed by atoms with E-state index in [4.69, 9.17) is 11.6 Å². The first-order valence-electron chi connectivity index (χ1n) is 11.3. The molecule has 34 heavy (non-hydrogen) atoms. The lowest BCUT2D eigenvalue weighted by Gasteiger charge is -2.32. The van der Waals surface area contributed by atoms with E-state index in [1.807, 2.05) is 32.9 Å². The van der Waals surface area contributed by atoms with E-state index in [0.29, 0.717) is 16.1 Å². The highest BCUT2D eigenvalue weighted by atomic mass is 35.5. The molecule has 1 aliphatic rings. The van der Waals surface area contributed by atoms with Gasteiger partial charge in [0.2, 0.25) is 11.8 Å². The number of carbonyl (C=O) groups is 4. The van der Waals surface area contributed by atoms with E-state index >= 15 is 0 Å². The highest BCUT2D eigenvalue weighted by Gasteiger charge is 2.35. The molecule has 3 rings (SSSR count). The Bertz CT molecular complexity index is 1070. The predicted octanol–water partition coefficient (Wildman–Crippen LogP) is 4.05. The molecule has 0 saturated heterocycles. The van der Waals surface area contributed by atoms with Gasteiger partial charge in [0.05, 0.1) is 11.1 Å². The first kappa shape index (κ1) is 25.4. The van der Waals surface area contributed by atoms with Crippen LogP contribution < -0.4 is 5.32 Å². The quantitative estimate of drug-likeness (QED) is 0.574. The van der Waals surface area contributed by atoms with Crippen LogP contribution in [0.1, 0.15) is 66.8 Å². The van der Waals surface area contributed by atoms with Crippen molar-refractivity contribution in [2.24, 2.45) is 0 Å². The van der Waals surface area contributed by atoms with E-state index in [1.165, 1.54) is 9.80 Å². The van der Waals surface area contributed by atoms with Gasteiger partial charge in [0.15, 0.2) is 0 Å². The lowest BCUT2D eigenvalue weighted by molar-refractivity contribution is -0.141. The number of fused-ring (bicyclic) bond motifs is 1. The van der Waals surface area contributed by atoms with E-state index in [1.54, 1.807) is 43.3 Å². The highest BCUT2D eigenvalue weighted by Crippen LogP contribution is 2.23. The second-order valence-electron chi connectivity index (χ2n) is 9.44. The van der Waals surface area contributed by atoms with Gasteiger partial charge in [-0.1, -0.05) is 41.9 Å². The molecule has 0 aliphatic carbocycles. The fourth-order valence-corrected chi connectivity index (χ4v) is 4.04. The van der Waals surface area contributed by atoms with Gasteiger partial charge in [0, 0.05) is 30.1 Å². The van der Waals surface area contributed by atoms with Crippen molar-refractivity contribution in [1.29, 1.82) is 0 Å². The average Bonchev–Trinajstić information content (AvgIpc) is 3.02. The van der Waals surface area contributed by atoms with Gasteiger partial charge in [0.25, 0.3) is 11.8 Å². The van der Waals surface area contributed by atoms with Crippen molar-refractivity contribution in [1.82, 2.24) is 15.1 Å². The largest absolute Gasteiger partial charge is 0.350 e. The maximum absolute atomic E-state index is 13.2. The normalized spacial score (nSPS) is 14.1. The monoisotopic (exact) mass is 483 g/mol. The van der Waals surface area contributed by atoms with Crippen molar-refractivity contribution in [3.05, 3.63) is 70.2 Å². The number of nitrogens with zero attached hydrogens (tertiary/aromatic N) is 2. The SMILES string of the molecule is C[C@H](C(=O)NC(C)(C)C)N(Cc1ccccc1Cl)C(=O)CCCN1C(=O)c2ccccc2C1=O. The maximum Gasteiger partial charge on any atom is 0.261 e. The summed E-state index contributed by atoms with van der Waals surface area (Å²) in [4.78, 5) is 53.9. The van der Waals surface area contributed by atoms with Gasteiger partial charge in [-0.05, 0) is 57.9 Å². The average molecular weight is 484 g/mol. The number of amides is 4. The number of halogens is 1. The molecule has 4 amide bonds. The summed E-state index contributed by atoms with van der Waals surface area (Å²) in [6, 6.07) is 13.1. The van der Waals surface area contributed by atoms with Crippen LogP contribution in [0, 0.1) is 0 Å². The Balaban J connectivity index is 1.70. The number of rotatable bonds is 8. The summed E-state index contributed by atoms with van der Waals surface area (Å²) in [5, 5.41) is 3.42. The molecule has 0 radical (unpaired) electrons. The van der Waals surface area contributed by atoms with Crippen LogP contribution in [0.4, 0.5) is 0 Å². The minimum atomic E-state index is -0.734. The number of benzene rings is 2. The summed E-state index contributed by atoms with van der Waals surface area (Å²) >= 11 is 6.31. The highest BCUT2D eigenvalue weighted by molar-refractivity contribution is 6.31. The first-order chi connectivity index (χ1) is 16.0. The molecule has 0 unspecified atom stereocenters. The Morgan fingerprint density at radius 1 is 1.00 bits per heavy atom. The number of nitrogens with one attached hydrogen (secondary N) is 1. The number of hydrogen-bond donors (Lipinski definition) is 1. The van der Waals surface area contributed by atoms with Crippen molar-refractivity contribution in [3.63, 3.8) is 0 Å². The molecule has 0 fully saturated rings. The number of imide groups is 1. The van der Waals surface area contributed by atoms with Crippen molar-refractivity contribution < 1.29 is 19.2 Å². The Morgan fingerprint density at radius 2 is 1.56 bits per heavy atom. The van der Waals surface area contributed by atoms with Crippen LogP contribution in [-0.4, -0.2) is 51.6 Å². The third kappa shape index (κ3) is 5.83. The van der Waals surface area contributed by atoms with Crippen LogP contribution in [-0.2, 0) is 16.1 Å². The van der Waals surface area contributed by atoms with E-state index in [2.05, 4.69) is 5.32 Å². The van der Waals surface area contributed by atoms with Gasteiger partial charge in [-0.25, -0.2) is 0 Å². The smallest absolute Gasteiger partial charge is 0.261 e. The van der Waals surface area contributed by atoms with Crippen LogP contribution >= 0.6 is 11.6 Å². The Labute approximate surface area is 205 Å². The minimum Gasteiger partial charge on any atom is -0.350 e. The zero-order valence-electron chi connectivity index (χ0n) is 19.9. The minimum absolute atomic E-state index is 0.0744. The van der Waals surface area contributed by atoms with Crippen LogP contribution in [0.5, 0.6) is 0 Å². The zero-order chi connectivity index (χ0) is 25.0. The van der Waals surface area contributed by atoms with Crippen LogP contribution in [0.3, 0.4) is 0 Å². The van der Waals surface area contributed by atoms with Gasteiger partial charge in [-0.15, -0.1) is 0 Å². The first-order valence-corrected chi connectivity index (χ1v) is 11.7. The molecule has 1 heterocycles.